The van der Waals surface area contributed by atoms with E-state index in [0.717, 1.165) is 29.3 Å². The Labute approximate surface area is 127 Å². The Bertz CT molecular complexity index is 765. The first kappa shape index (κ1) is 14.2. The highest BCUT2D eigenvalue weighted by atomic mass is 32.1. The number of fused-ring (bicyclic) bond motifs is 1. The first-order chi connectivity index (χ1) is 10.1. The lowest BCUT2D eigenvalue weighted by atomic mass is 10.1. The number of halogens is 1. The van der Waals surface area contributed by atoms with Gasteiger partial charge < -0.3 is 5.32 Å². The molecule has 110 valence electrons. The molecule has 3 aromatic rings. The number of nitrogens with zero attached hydrogens (tertiary/aromatic N) is 2. The van der Waals surface area contributed by atoms with Crippen molar-refractivity contribution in [1.82, 2.24) is 14.7 Å². The molecule has 0 unspecified atom stereocenters. The minimum absolute atomic E-state index is 0.106. The van der Waals surface area contributed by atoms with Crippen LogP contribution >= 0.6 is 11.3 Å². The Balaban J connectivity index is 1.71. The lowest BCUT2D eigenvalue weighted by Gasteiger charge is -2.08. The molecule has 0 saturated heterocycles. The van der Waals surface area contributed by atoms with E-state index in [1.807, 2.05) is 44.5 Å². The summed E-state index contributed by atoms with van der Waals surface area (Å²) in [5.74, 6) is -0.106. The average molecular weight is 303 g/mol. The van der Waals surface area contributed by atoms with Gasteiger partial charge >= 0.3 is 0 Å². The molecular formula is C16H18FN3S. The fraction of sp³-hybridized carbons (Fsp3) is 0.312. The monoisotopic (exact) mass is 303 g/mol. The van der Waals surface area contributed by atoms with Gasteiger partial charge in [0, 0.05) is 24.7 Å². The van der Waals surface area contributed by atoms with Crippen molar-refractivity contribution in [3.63, 3.8) is 0 Å². The van der Waals surface area contributed by atoms with Crippen LogP contribution < -0.4 is 5.32 Å². The molecule has 2 heterocycles. The van der Waals surface area contributed by atoms with Crippen LogP contribution in [0.3, 0.4) is 0 Å². The van der Waals surface area contributed by atoms with E-state index in [9.17, 15) is 4.39 Å². The maximum Gasteiger partial charge on any atom is 0.194 e. The van der Waals surface area contributed by atoms with Crippen molar-refractivity contribution in [3.05, 3.63) is 57.6 Å². The smallest absolute Gasteiger partial charge is 0.194 e. The lowest BCUT2D eigenvalue weighted by Crippen LogP contribution is -2.15. The molecule has 1 aromatic carbocycles. The number of aryl methyl sites for hydroxylation is 3. The molecule has 2 aromatic heterocycles. The second kappa shape index (κ2) is 5.58. The van der Waals surface area contributed by atoms with Gasteiger partial charge in [0.2, 0.25) is 0 Å². The number of rotatable bonds is 4. The van der Waals surface area contributed by atoms with Crippen molar-refractivity contribution in [2.24, 2.45) is 0 Å². The normalized spacial score (nSPS) is 11.4. The number of nitrogens with one attached hydrogen (secondary N) is 1. The number of imidazole rings is 1. The molecule has 0 bridgehead atoms. The zero-order valence-corrected chi connectivity index (χ0v) is 13.2. The molecule has 0 spiro atoms. The molecule has 0 radical (unpaired) electrons. The molecule has 21 heavy (non-hydrogen) atoms. The fourth-order valence-corrected chi connectivity index (χ4v) is 3.40. The third-order valence-electron chi connectivity index (χ3n) is 3.68. The van der Waals surface area contributed by atoms with Crippen molar-refractivity contribution < 1.29 is 4.39 Å². The topological polar surface area (TPSA) is 29.3 Å². The summed E-state index contributed by atoms with van der Waals surface area (Å²) in [6.45, 7) is 7.12. The molecule has 0 aliphatic carbocycles. The van der Waals surface area contributed by atoms with Gasteiger partial charge in [-0.15, -0.1) is 11.3 Å². The van der Waals surface area contributed by atoms with E-state index in [1.54, 1.807) is 11.3 Å². The minimum atomic E-state index is -0.106. The van der Waals surface area contributed by atoms with Crippen LogP contribution in [0, 0.1) is 26.6 Å². The highest BCUT2D eigenvalue weighted by Gasteiger charge is 2.09. The third kappa shape index (κ3) is 2.71. The summed E-state index contributed by atoms with van der Waals surface area (Å²) in [5, 5.41) is 5.46. The predicted molar refractivity (Wildman–Crippen MR) is 84.2 cm³/mol. The number of hydrogen-bond acceptors (Lipinski definition) is 3. The SMILES string of the molecule is Cc1cc(CNCc2c(C)nc3sccn23)cc(C)c1F. The Morgan fingerprint density at radius 3 is 2.62 bits per heavy atom. The molecule has 1 N–H and O–H groups in total. The zero-order valence-electron chi connectivity index (χ0n) is 12.4. The molecule has 0 aliphatic rings. The molecule has 3 rings (SSSR count). The van der Waals surface area contributed by atoms with Crippen LogP contribution in [0.2, 0.25) is 0 Å². The zero-order chi connectivity index (χ0) is 15.0. The Kier molecular flexibility index (Phi) is 3.78. The Morgan fingerprint density at radius 1 is 1.19 bits per heavy atom. The molecule has 0 aliphatic heterocycles. The second-order valence-corrected chi connectivity index (χ2v) is 6.22. The number of aromatic nitrogens is 2. The molecule has 0 saturated carbocycles. The van der Waals surface area contributed by atoms with Gasteiger partial charge in [0.1, 0.15) is 5.82 Å². The Morgan fingerprint density at radius 2 is 1.90 bits per heavy atom. The molecular weight excluding hydrogens is 285 g/mol. The second-order valence-electron chi connectivity index (χ2n) is 5.35. The molecule has 5 heteroatoms. The van der Waals surface area contributed by atoms with Gasteiger partial charge in [-0.05, 0) is 37.5 Å². The van der Waals surface area contributed by atoms with Gasteiger partial charge in [0.15, 0.2) is 4.96 Å². The van der Waals surface area contributed by atoms with Crippen molar-refractivity contribution in [2.75, 3.05) is 0 Å². The summed E-state index contributed by atoms with van der Waals surface area (Å²) >= 11 is 1.64. The van der Waals surface area contributed by atoms with E-state index in [4.69, 9.17) is 0 Å². The summed E-state index contributed by atoms with van der Waals surface area (Å²) in [6, 6.07) is 3.80. The standard InChI is InChI=1S/C16H18FN3S/c1-10-6-13(7-11(2)15(10)17)8-18-9-14-12(3)19-16-20(14)4-5-21-16/h4-7,18H,8-9H2,1-3H3. The molecule has 0 amide bonds. The van der Waals surface area contributed by atoms with Crippen molar-refractivity contribution >= 4 is 16.3 Å². The largest absolute Gasteiger partial charge is 0.307 e. The average Bonchev–Trinajstić information content (AvgIpc) is 2.98. The van der Waals surface area contributed by atoms with E-state index < -0.39 is 0 Å². The van der Waals surface area contributed by atoms with Crippen molar-refractivity contribution in [3.8, 4) is 0 Å². The van der Waals surface area contributed by atoms with Crippen molar-refractivity contribution in [2.45, 2.75) is 33.9 Å². The molecule has 0 atom stereocenters. The van der Waals surface area contributed by atoms with E-state index >= 15 is 0 Å². The third-order valence-corrected chi connectivity index (χ3v) is 4.44. The first-order valence-electron chi connectivity index (χ1n) is 6.93. The van der Waals surface area contributed by atoms with Crippen LogP contribution in [0.4, 0.5) is 4.39 Å². The van der Waals surface area contributed by atoms with E-state index in [1.165, 1.54) is 5.69 Å². The Hall–Kier alpha value is -1.72. The lowest BCUT2D eigenvalue weighted by molar-refractivity contribution is 0.605. The summed E-state index contributed by atoms with van der Waals surface area (Å²) in [6.07, 6.45) is 2.04. The van der Waals surface area contributed by atoms with Gasteiger partial charge in [-0.25, -0.2) is 9.37 Å². The number of benzene rings is 1. The highest BCUT2D eigenvalue weighted by molar-refractivity contribution is 7.15. The van der Waals surface area contributed by atoms with Gasteiger partial charge in [0.25, 0.3) is 0 Å². The maximum atomic E-state index is 13.6. The number of thiazole rings is 1. The first-order valence-corrected chi connectivity index (χ1v) is 7.81. The summed E-state index contributed by atoms with van der Waals surface area (Å²) in [5.41, 5.74) is 4.75. The van der Waals surface area contributed by atoms with Gasteiger partial charge in [-0.2, -0.15) is 0 Å². The predicted octanol–water partition coefficient (Wildman–Crippen LogP) is 3.75. The van der Waals surface area contributed by atoms with Gasteiger partial charge in [-0.1, -0.05) is 12.1 Å². The summed E-state index contributed by atoms with van der Waals surface area (Å²) < 4.78 is 15.7. The number of hydrogen-bond donors (Lipinski definition) is 1. The quantitative estimate of drug-likeness (QED) is 0.795. The summed E-state index contributed by atoms with van der Waals surface area (Å²) in [4.78, 5) is 5.56. The van der Waals surface area contributed by atoms with Crippen LogP contribution in [-0.2, 0) is 13.1 Å². The molecule has 3 nitrogen and oxygen atoms in total. The van der Waals surface area contributed by atoms with Gasteiger partial charge in [0.05, 0.1) is 11.4 Å². The van der Waals surface area contributed by atoms with Gasteiger partial charge in [-0.3, -0.25) is 4.40 Å². The maximum absolute atomic E-state index is 13.6. The van der Waals surface area contributed by atoms with E-state index in [0.29, 0.717) is 11.1 Å². The van der Waals surface area contributed by atoms with Crippen LogP contribution in [0.1, 0.15) is 28.1 Å². The van der Waals surface area contributed by atoms with E-state index in [-0.39, 0.29) is 5.82 Å². The fourth-order valence-electron chi connectivity index (χ4n) is 2.62. The summed E-state index contributed by atoms with van der Waals surface area (Å²) in [7, 11) is 0. The van der Waals surface area contributed by atoms with Crippen LogP contribution in [0.15, 0.2) is 23.7 Å². The van der Waals surface area contributed by atoms with E-state index in [2.05, 4.69) is 14.7 Å². The minimum Gasteiger partial charge on any atom is -0.307 e. The molecule has 0 fully saturated rings. The van der Waals surface area contributed by atoms with Crippen LogP contribution in [0.25, 0.3) is 4.96 Å². The van der Waals surface area contributed by atoms with Crippen molar-refractivity contribution in [1.29, 1.82) is 0 Å². The van der Waals surface area contributed by atoms with Crippen LogP contribution in [0.5, 0.6) is 0 Å². The van der Waals surface area contributed by atoms with Crippen LogP contribution in [-0.4, -0.2) is 9.38 Å². The highest BCUT2D eigenvalue weighted by Crippen LogP contribution is 2.17.